The Kier molecular flexibility index (Phi) is 3.55. The molecule has 5 heteroatoms. The highest BCUT2D eigenvalue weighted by molar-refractivity contribution is 9.09. The molecule has 2 saturated carbocycles. The van der Waals surface area contributed by atoms with E-state index in [1.165, 1.54) is 6.42 Å². The molecule has 0 amide bonds. The van der Waals surface area contributed by atoms with Gasteiger partial charge in [-0.1, -0.05) is 15.9 Å². The molecule has 0 heterocycles. The SMILES string of the molecule is FC(F)(F)COCCC1(CBr)CC2CC2C1. The monoisotopic (exact) mass is 300 g/mol. The van der Waals surface area contributed by atoms with E-state index >= 15 is 0 Å². The highest BCUT2D eigenvalue weighted by atomic mass is 79.9. The molecule has 2 unspecified atom stereocenters. The minimum atomic E-state index is -4.20. The Hall–Kier alpha value is 0.230. The molecule has 0 aromatic rings. The zero-order valence-corrected chi connectivity index (χ0v) is 10.6. The van der Waals surface area contributed by atoms with E-state index in [1.54, 1.807) is 0 Å². The fourth-order valence-electron chi connectivity index (χ4n) is 2.86. The highest BCUT2D eigenvalue weighted by Gasteiger charge is 2.52. The molecule has 0 bridgehead atoms. The van der Waals surface area contributed by atoms with Crippen molar-refractivity contribution in [1.82, 2.24) is 0 Å². The molecule has 2 atom stereocenters. The van der Waals surface area contributed by atoms with Gasteiger partial charge in [-0.3, -0.25) is 0 Å². The molecule has 16 heavy (non-hydrogen) atoms. The van der Waals surface area contributed by atoms with Crippen molar-refractivity contribution in [2.75, 3.05) is 18.5 Å². The van der Waals surface area contributed by atoms with Crippen LogP contribution >= 0.6 is 15.9 Å². The number of halogens is 4. The van der Waals surface area contributed by atoms with Crippen LogP contribution in [0.1, 0.15) is 25.7 Å². The zero-order chi connectivity index (χ0) is 11.8. The highest BCUT2D eigenvalue weighted by Crippen LogP contribution is 2.61. The standard InChI is InChI=1S/C11H16BrF3O/c12-6-10(4-8-3-9(8)5-10)1-2-16-7-11(13,14)15/h8-9H,1-7H2. The molecule has 0 aliphatic heterocycles. The van der Waals surface area contributed by atoms with E-state index in [2.05, 4.69) is 15.9 Å². The fraction of sp³-hybridized carbons (Fsp3) is 1.00. The number of rotatable bonds is 5. The first-order valence-electron chi connectivity index (χ1n) is 5.65. The maximum absolute atomic E-state index is 11.9. The Balaban J connectivity index is 1.68. The molecular weight excluding hydrogens is 285 g/mol. The number of alkyl halides is 4. The van der Waals surface area contributed by atoms with Gasteiger partial charge >= 0.3 is 6.18 Å². The van der Waals surface area contributed by atoms with Gasteiger partial charge in [-0.2, -0.15) is 13.2 Å². The van der Waals surface area contributed by atoms with Crippen LogP contribution < -0.4 is 0 Å². The van der Waals surface area contributed by atoms with Crippen LogP contribution in [0.25, 0.3) is 0 Å². The van der Waals surface area contributed by atoms with Crippen molar-refractivity contribution >= 4 is 15.9 Å². The van der Waals surface area contributed by atoms with Crippen LogP contribution in [0, 0.1) is 17.3 Å². The average Bonchev–Trinajstić information content (AvgIpc) is 2.81. The summed E-state index contributed by atoms with van der Waals surface area (Å²) >= 11 is 3.50. The van der Waals surface area contributed by atoms with E-state index in [0.717, 1.165) is 36.4 Å². The van der Waals surface area contributed by atoms with Crippen molar-refractivity contribution < 1.29 is 17.9 Å². The molecule has 0 N–H and O–H groups in total. The van der Waals surface area contributed by atoms with Gasteiger partial charge in [0.15, 0.2) is 0 Å². The van der Waals surface area contributed by atoms with E-state index in [4.69, 9.17) is 4.74 Å². The lowest BCUT2D eigenvalue weighted by atomic mass is 9.82. The van der Waals surface area contributed by atoms with Crippen molar-refractivity contribution in [2.45, 2.75) is 31.9 Å². The first-order valence-corrected chi connectivity index (χ1v) is 6.77. The number of ether oxygens (including phenoxy) is 1. The molecule has 2 aliphatic carbocycles. The van der Waals surface area contributed by atoms with Gasteiger partial charge in [0.1, 0.15) is 6.61 Å². The molecule has 2 fully saturated rings. The predicted molar refractivity (Wildman–Crippen MR) is 58.5 cm³/mol. The molecule has 1 nitrogen and oxygen atoms in total. The molecule has 0 spiro atoms. The summed E-state index contributed by atoms with van der Waals surface area (Å²) in [7, 11) is 0. The van der Waals surface area contributed by atoms with E-state index in [9.17, 15) is 13.2 Å². The van der Waals surface area contributed by atoms with Crippen LogP contribution in [0.3, 0.4) is 0 Å². The Labute approximate surface area is 102 Å². The van der Waals surface area contributed by atoms with Crippen molar-refractivity contribution in [2.24, 2.45) is 17.3 Å². The van der Waals surface area contributed by atoms with Gasteiger partial charge < -0.3 is 4.74 Å². The quantitative estimate of drug-likeness (QED) is 0.555. The lowest BCUT2D eigenvalue weighted by Gasteiger charge is -2.28. The van der Waals surface area contributed by atoms with E-state index < -0.39 is 12.8 Å². The molecule has 94 valence electrons. The predicted octanol–water partition coefficient (Wildman–Crippen LogP) is 3.77. The van der Waals surface area contributed by atoms with Gasteiger partial charge in [0.25, 0.3) is 0 Å². The molecule has 0 aromatic carbocycles. The first-order chi connectivity index (χ1) is 7.44. The lowest BCUT2D eigenvalue weighted by Crippen LogP contribution is -2.25. The van der Waals surface area contributed by atoms with Crippen molar-refractivity contribution in [3.8, 4) is 0 Å². The summed E-state index contributed by atoms with van der Waals surface area (Å²) in [6, 6.07) is 0. The number of hydrogen-bond donors (Lipinski definition) is 0. The smallest absolute Gasteiger partial charge is 0.372 e. The maximum atomic E-state index is 11.9. The summed E-state index contributed by atoms with van der Waals surface area (Å²) in [6.07, 6.45) is 0.218. The summed E-state index contributed by atoms with van der Waals surface area (Å²) < 4.78 is 40.3. The third kappa shape index (κ3) is 3.13. The topological polar surface area (TPSA) is 9.23 Å². The molecule has 0 radical (unpaired) electrons. The summed E-state index contributed by atoms with van der Waals surface area (Å²) in [5, 5.41) is 0.891. The summed E-state index contributed by atoms with van der Waals surface area (Å²) in [5.41, 5.74) is 0.208. The molecule has 0 aromatic heterocycles. The van der Waals surface area contributed by atoms with Crippen molar-refractivity contribution in [3.05, 3.63) is 0 Å². The van der Waals surface area contributed by atoms with Crippen molar-refractivity contribution in [1.29, 1.82) is 0 Å². The summed E-state index contributed by atoms with van der Waals surface area (Å²) in [4.78, 5) is 0. The normalized spacial score (nSPS) is 37.5. The lowest BCUT2D eigenvalue weighted by molar-refractivity contribution is -0.175. The molecule has 2 aliphatic rings. The van der Waals surface area contributed by atoms with E-state index in [0.29, 0.717) is 0 Å². The van der Waals surface area contributed by atoms with Crippen LogP contribution in [-0.4, -0.2) is 24.7 Å². The third-order valence-electron chi connectivity index (χ3n) is 3.79. The van der Waals surface area contributed by atoms with Gasteiger partial charge in [-0.25, -0.2) is 0 Å². The minimum Gasteiger partial charge on any atom is -0.372 e. The third-order valence-corrected chi connectivity index (χ3v) is 4.97. The van der Waals surface area contributed by atoms with Crippen molar-refractivity contribution in [3.63, 3.8) is 0 Å². The molecule has 2 rings (SSSR count). The van der Waals surface area contributed by atoms with Crippen LogP contribution in [0.2, 0.25) is 0 Å². The van der Waals surface area contributed by atoms with Gasteiger partial charge in [-0.05, 0) is 42.9 Å². The fourth-order valence-corrected chi connectivity index (χ4v) is 3.60. The van der Waals surface area contributed by atoms with Gasteiger partial charge in [-0.15, -0.1) is 0 Å². The zero-order valence-electron chi connectivity index (χ0n) is 9.02. The Morgan fingerprint density at radius 1 is 1.25 bits per heavy atom. The van der Waals surface area contributed by atoms with Crippen LogP contribution in [-0.2, 0) is 4.74 Å². The number of hydrogen-bond acceptors (Lipinski definition) is 1. The largest absolute Gasteiger partial charge is 0.411 e. The van der Waals surface area contributed by atoms with Gasteiger partial charge in [0.2, 0.25) is 0 Å². The minimum absolute atomic E-state index is 0.208. The second-order valence-electron chi connectivity index (χ2n) is 5.22. The average molecular weight is 301 g/mol. The second-order valence-corrected chi connectivity index (χ2v) is 5.78. The Morgan fingerprint density at radius 2 is 1.88 bits per heavy atom. The Morgan fingerprint density at radius 3 is 2.38 bits per heavy atom. The van der Waals surface area contributed by atoms with E-state index in [-0.39, 0.29) is 12.0 Å². The first kappa shape index (κ1) is 12.7. The van der Waals surface area contributed by atoms with Crippen LogP contribution in [0.5, 0.6) is 0 Å². The van der Waals surface area contributed by atoms with E-state index in [1.807, 2.05) is 0 Å². The number of fused-ring (bicyclic) bond motifs is 1. The second kappa shape index (κ2) is 4.48. The molecular formula is C11H16BrF3O. The van der Waals surface area contributed by atoms with Gasteiger partial charge in [0, 0.05) is 11.9 Å². The maximum Gasteiger partial charge on any atom is 0.411 e. The van der Waals surface area contributed by atoms with Crippen LogP contribution in [0.4, 0.5) is 13.2 Å². The van der Waals surface area contributed by atoms with Gasteiger partial charge in [0.05, 0.1) is 0 Å². The van der Waals surface area contributed by atoms with Crippen LogP contribution in [0.15, 0.2) is 0 Å². The summed E-state index contributed by atoms with van der Waals surface area (Å²) in [5.74, 6) is 1.69. The Bertz CT molecular complexity index is 244. The molecule has 0 saturated heterocycles. The summed E-state index contributed by atoms with van der Waals surface area (Å²) in [6.45, 7) is -0.886.